The topological polar surface area (TPSA) is 61.6 Å². The molecule has 0 aliphatic heterocycles. The minimum absolute atomic E-state index is 0.162. The Balaban J connectivity index is 2.98. The molecule has 1 aromatic heterocycles. The van der Waals surface area contributed by atoms with Crippen LogP contribution in [0.1, 0.15) is 12.5 Å². The predicted octanol–water partition coefficient (Wildman–Crippen LogP) is 1.22. The third-order valence-electron chi connectivity index (χ3n) is 2.23. The van der Waals surface area contributed by atoms with Crippen LogP contribution in [0, 0.1) is 11.3 Å². The molecule has 0 aliphatic rings. The summed E-state index contributed by atoms with van der Waals surface area (Å²) >= 11 is 0. The van der Waals surface area contributed by atoms with Crippen LogP contribution in [-0.2, 0) is 6.54 Å². The van der Waals surface area contributed by atoms with E-state index in [4.69, 9.17) is 5.26 Å². The molecule has 14 heavy (non-hydrogen) atoms. The number of nitriles is 1. The first-order valence-corrected chi connectivity index (χ1v) is 4.39. The molecule has 1 aromatic carbocycles. The maximum atomic E-state index is 11.4. The van der Waals surface area contributed by atoms with Gasteiger partial charge in [0.05, 0.1) is 16.6 Å². The van der Waals surface area contributed by atoms with E-state index in [9.17, 15) is 4.79 Å². The Hall–Kier alpha value is -2.02. The van der Waals surface area contributed by atoms with Gasteiger partial charge in [0.1, 0.15) is 6.07 Å². The summed E-state index contributed by atoms with van der Waals surface area (Å²) in [6.07, 6.45) is 0. The zero-order valence-corrected chi connectivity index (χ0v) is 7.74. The lowest BCUT2D eigenvalue weighted by molar-refractivity contribution is 0.753. The van der Waals surface area contributed by atoms with E-state index >= 15 is 0 Å². The summed E-state index contributed by atoms with van der Waals surface area (Å²) in [5.41, 5.74) is 1.78. The van der Waals surface area contributed by atoms with Crippen molar-refractivity contribution in [2.75, 3.05) is 0 Å². The van der Waals surface area contributed by atoms with Gasteiger partial charge >= 0.3 is 5.69 Å². The van der Waals surface area contributed by atoms with Gasteiger partial charge < -0.3 is 4.98 Å². The van der Waals surface area contributed by atoms with Crippen molar-refractivity contribution in [2.24, 2.45) is 0 Å². The molecule has 0 saturated carbocycles. The summed E-state index contributed by atoms with van der Waals surface area (Å²) in [4.78, 5) is 14.1. The molecule has 4 nitrogen and oxygen atoms in total. The molecule has 0 atom stereocenters. The third kappa shape index (κ3) is 1.03. The molecule has 0 fully saturated rings. The molecule has 0 saturated heterocycles. The van der Waals surface area contributed by atoms with Crippen LogP contribution in [0.4, 0.5) is 0 Å². The average molecular weight is 187 g/mol. The highest BCUT2D eigenvalue weighted by Crippen LogP contribution is 2.14. The quantitative estimate of drug-likeness (QED) is 0.729. The lowest BCUT2D eigenvalue weighted by Gasteiger charge is -1.98. The lowest BCUT2D eigenvalue weighted by Crippen LogP contribution is -2.15. The molecule has 0 radical (unpaired) electrons. The van der Waals surface area contributed by atoms with Crippen LogP contribution in [0.5, 0.6) is 0 Å². The number of nitrogens with zero attached hydrogens (tertiary/aromatic N) is 2. The second kappa shape index (κ2) is 3.04. The zero-order valence-electron chi connectivity index (χ0n) is 7.74. The zero-order chi connectivity index (χ0) is 10.1. The number of imidazole rings is 1. The van der Waals surface area contributed by atoms with Crippen molar-refractivity contribution >= 4 is 11.0 Å². The van der Waals surface area contributed by atoms with E-state index in [1.807, 2.05) is 6.92 Å². The molecular weight excluding hydrogens is 178 g/mol. The van der Waals surface area contributed by atoms with Gasteiger partial charge in [0, 0.05) is 6.54 Å². The van der Waals surface area contributed by atoms with Gasteiger partial charge in [-0.2, -0.15) is 5.26 Å². The number of rotatable bonds is 1. The van der Waals surface area contributed by atoms with E-state index < -0.39 is 0 Å². The fourth-order valence-electron chi connectivity index (χ4n) is 1.61. The van der Waals surface area contributed by atoms with Gasteiger partial charge in [-0.25, -0.2) is 4.79 Å². The van der Waals surface area contributed by atoms with Crippen LogP contribution in [0.25, 0.3) is 11.0 Å². The Kier molecular flexibility index (Phi) is 1.86. The van der Waals surface area contributed by atoms with E-state index in [2.05, 4.69) is 11.1 Å². The summed E-state index contributed by atoms with van der Waals surface area (Å²) in [5, 5.41) is 8.89. The van der Waals surface area contributed by atoms with Crippen molar-refractivity contribution in [2.45, 2.75) is 13.5 Å². The largest absolute Gasteiger partial charge is 0.326 e. The monoisotopic (exact) mass is 187 g/mol. The number of aryl methyl sites for hydroxylation is 1. The number of hydrogen-bond acceptors (Lipinski definition) is 2. The molecule has 0 spiro atoms. The molecule has 0 aliphatic carbocycles. The molecule has 2 aromatic rings. The summed E-state index contributed by atoms with van der Waals surface area (Å²) in [5.74, 6) is 0. The Labute approximate surface area is 80.4 Å². The first-order valence-electron chi connectivity index (χ1n) is 4.39. The third-order valence-corrected chi connectivity index (χ3v) is 2.23. The fourth-order valence-corrected chi connectivity index (χ4v) is 1.61. The summed E-state index contributed by atoms with van der Waals surface area (Å²) < 4.78 is 1.56. The van der Waals surface area contributed by atoms with E-state index in [0.29, 0.717) is 17.6 Å². The second-order valence-corrected chi connectivity index (χ2v) is 2.99. The summed E-state index contributed by atoms with van der Waals surface area (Å²) in [6, 6.07) is 7.34. The summed E-state index contributed by atoms with van der Waals surface area (Å²) in [6.45, 7) is 2.44. The lowest BCUT2D eigenvalue weighted by atomic mass is 10.2. The average Bonchev–Trinajstić information content (AvgIpc) is 2.52. The Bertz CT molecular complexity index is 571. The molecule has 0 amide bonds. The highest BCUT2D eigenvalue weighted by molar-refractivity contribution is 5.81. The minimum atomic E-state index is -0.162. The fraction of sp³-hybridized carbons (Fsp3) is 0.200. The Morgan fingerprint density at radius 2 is 2.36 bits per heavy atom. The second-order valence-electron chi connectivity index (χ2n) is 2.99. The van der Waals surface area contributed by atoms with Crippen molar-refractivity contribution in [1.82, 2.24) is 9.55 Å². The van der Waals surface area contributed by atoms with Gasteiger partial charge in [-0.05, 0) is 19.1 Å². The maximum absolute atomic E-state index is 11.4. The molecule has 0 unspecified atom stereocenters. The van der Waals surface area contributed by atoms with Crippen molar-refractivity contribution in [3.63, 3.8) is 0 Å². The Morgan fingerprint density at radius 1 is 1.57 bits per heavy atom. The first kappa shape index (κ1) is 8.57. The van der Waals surface area contributed by atoms with Crippen molar-refractivity contribution in [3.05, 3.63) is 34.2 Å². The smallest absolute Gasteiger partial charge is 0.305 e. The number of hydrogen-bond donors (Lipinski definition) is 1. The van der Waals surface area contributed by atoms with Gasteiger partial charge in [-0.3, -0.25) is 4.57 Å². The number of aromatic amines is 1. The number of fused-ring (bicyclic) bond motifs is 1. The molecule has 4 heteroatoms. The van der Waals surface area contributed by atoms with Gasteiger partial charge in [-0.1, -0.05) is 6.07 Å². The van der Waals surface area contributed by atoms with Crippen LogP contribution in [0.3, 0.4) is 0 Å². The SMILES string of the molecule is CCn1c(=O)[nH]c2cccc(C#N)c21. The van der Waals surface area contributed by atoms with E-state index in [-0.39, 0.29) is 5.69 Å². The highest BCUT2D eigenvalue weighted by Gasteiger charge is 2.08. The van der Waals surface area contributed by atoms with E-state index in [1.165, 1.54) is 0 Å². The van der Waals surface area contributed by atoms with Crippen LogP contribution in [-0.4, -0.2) is 9.55 Å². The normalized spacial score (nSPS) is 10.3. The van der Waals surface area contributed by atoms with Gasteiger partial charge in [0.25, 0.3) is 0 Å². The number of aromatic nitrogens is 2. The van der Waals surface area contributed by atoms with Gasteiger partial charge in [-0.15, -0.1) is 0 Å². The van der Waals surface area contributed by atoms with Crippen molar-refractivity contribution < 1.29 is 0 Å². The molecular formula is C10H9N3O. The minimum Gasteiger partial charge on any atom is -0.305 e. The van der Waals surface area contributed by atoms with Crippen LogP contribution in [0.15, 0.2) is 23.0 Å². The number of benzene rings is 1. The molecule has 0 bridgehead atoms. The molecule has 70 valence electrons. The standard InChI is InChI=1S/C10H9N3O/c1-2-13-9-7(6-11)4-3-5-8(9)12-10(13)14/h3-5H,2H2,1H3,(H,12,14). The maximum Gasteiger partial charge on any atom is 0.326 e. The number of nitrogens with one attached hydrogen (secondary N) is 1. The van der Waals surface area contributed by atoms with E-state index in [1.54, 1.807) is 22.8 Å². The first-order chi connectivity index (χ1) is 6.77. The van der Waals surface area contributed by atoms with Gasteiger partial charge in [0.2, 0.25) is 0 Å². The van der Waals surface area contributed by atoms with Crippen LogP contribution in [0.2, 0.25) is 0 Å². The Morgan fingerprint density at radius 3 is 3.00 bits per heavy atom. The number of para-hydroxylation sites is 1. The van der Waals surface area contributed by atoms with Crippen LogP contribution >= 0.6 is 0 Å². The van der Waals surface area contributed by atoms with Crippen molar-refractivity contribution in [3.8, 4) is 6.07 Å². The van der Waals surface area contributed by atoms with Crippen molar-refractivity contribution in [1.29, 1.82) is 5.26 Å². The van der Waals surface area contributed by atoms with Crippen LogP contribution < -0.4 is 5.69 Å². The highest BCUT2D eigenvalue weighted by atomic mass is 16.1. The number of H-pyrrole nitrogens is 1. The molecule has 1 N–H and O–H groups in total. The summed E-state index contributed by atoms with van der Waals surface area (Å²) in [7, 11) is 0. The predicted molar refractivity (Wildman–Crippen MR) is 52.9 cm³/mol. The van der Waals surface area contributed by atoms with Gasteiger partial charge in [0.15, 0.2) is 0 Å². The van der Waals surface area contributed by atoms with E-state index in [0.717, 1.165) is 5.52 Å². The molecule has 1 heterocycles. The molecule has 2 rings (SSSR count).